The standard InChI is InChI=1S/C20H24NO/c1-17-13-15-19(16-14-17)21(2)20(22)12-8-4-7-11-18-9-5-3-6-10-18/h3,5-6,9-10,13-16H,1,4,7-8,11-12H2,2H3. The van der Waals surface area contributed by atoms with Crippen LogP contribution in [0.1, 0.15) is 36.8 Å². The normalized spacial score (nSPS) is 10.5. The fraction of sp³-hybridized carbons (Fsp3) is 0.300. The van der Waals surface area contributed by atoms with Crippen molar-refractivity contribution in [2.24, 2.45) is 0 Å². The van der Waals surface area contributed by atoms with Gasteiger partial charge in [0.15, 0.2) is 0 Å². The van der Waals surface area contributed by atoms with E-state index >= 15 is 0 Å². The Morgan fingerprint density at radius 2 is 1.64 bits per heavy atom. The van der Waals surface area contributed by atoms with Gasteiger partial charge in [-0.05, 0) is 49.4 Å². The molecular formula is C20H24NO. The zero-order valence-corrected chi connectivity index (χ0v) is 13.3. The van der Waals surface area contributed by atoms with Crippen molar-refractivity contribution in [3.05, 3.63) is 72.6 Å². The number of hydrogen-bond donors (Lipinski definition) is 0. The quantitative estimate of drug-likeness (QED) is 0.681. The van der Waals surface area contributed by atoms with Crippen LogP contribution in [0.15, 0.2) is 54.6 Å². The Hall–Kier alpha value is -2.09. The topological polar surface area (TPSA) is 20.3 Å². The smallest absolute Gasteiger partial charge is 0.226 e. The molecular weight excluding hydrogens is 270 g/mol. The summed E-state index contributed by atoms with van der Waals surface area (Å²) in [5.74, 6) is 0.177. The van der Waals surface area contributed by atoms with Crippen LogP contribution in [0, 0.1) is 6.92 Å². The zero-order valence-electron chi connectivity index (χ0n) is 13.3. The SMILES string of the molecule is [CH2]c1ccc(N(C)C(=O)CCCCCc2ccccc2)cc1. The van der Waals surface area contributed by atoms with Crippen LogP contribution in [0.4, 0.5) is 5.69 Å². The molecule has 0 spiro atoms. The van der Waals surface area contributed by atoms with Gasteiger partial charge in [0.05, 0.1) is 0 Å². The van der Waals surface area contributed by atoms with Gasteiger partial charge in [-0.3, -0.25) is 4.79 Å². The second-order valence-electron chi connectivity index (χ2n) is 5.67. The van der Waals surface area contributed by atoms with E-state index in [4.69, 9.17) is 0 Å². The Labute approximate surface area is 133 Å². The molecule has 0 bridgehead atoms. The molecule has 0 aliphatic rings. The van der Waals surface area contributed by atoms with Crippen LogP contribution in [0.3, 0.4) is 0 Å². The summed E-state index contributed by atoms with van der Waals surface area (Å²) in [6.07, 6.45) is 4.88. The lowest BCUT2D eigenvalue weighted by atomic mass is 10.1. The van der Waals surface area contributed by atoms with Crippen LogP contribution < -0.4 is 4.90 Å². The lowest BCUT2D eigenvalue weighted by molar-refractivity contribution is -0.118. The van der Waals surface area contributed by atoms with E-state index in [1.54, 1.807) is 4.90 Å². The number of hydrogen-bond acceptors (Lipinski definition) is 1. The van der Waals surface area contributed by atoms with E-state index in [2.05, 4.69) is 31.2 Å². The number of carbonyl (C=O) groups excluding carboxylic acids is 1. The minimum Gasteiger partial charge on any atom is -0.316 e. The van der Waals surface area contributed by atoms with Crippen LogP contribution in [-0.2, 0) is 11.2 Å². The molecule has 0 aromatic heterocycles. The van der Waals surface area contributed by atoms with Crippen LogP contribution in [0.2, 0.25) is 0 Å². The van der Waals surface area contributed by atoms with Gasteiger partial charge in [-0.2, -0.15) is 0 Å². The molecule has 115 valence electrons. The van der Waals surface area contributed by atoms with Gasteiger partial charge in [0.1, 0.15) is 0 Å². The molecule has 2 nitrogen and oxygen atoms in total. The fourth-order valence-corrected chi connectivity index (χ4v) is 2.46. The molecule has 2 aromatic rings. The van der Waals surface area contributed by atoms with Gasteiger partial charge in [0, 0.05) is 19.2 Å². The molecule has 0 fully saturated rings. The van der Waals surface area contributed by atoms with Gasteiger partial charge in [0.25, 0.3) is 0 Å². The fourth-order valence-electron chi connectivity index (χ4n) is 2.46. The molecule has 0 aliphatic heterocycles. The molecule has 0 saturated heterocycles. The summed E-state index contributed by atoms with van der Waals surface area (Å²) in [5, 5.41) is 0. The molecule has 2 aromatic carbocycles. The number of rotatable bonds is 7. The van der Waals surface area contributed by atoms with Gasteiger partial charge in [-0.1, -0.05) is 48.9 Å². The van der Waals surface area contributed by atoms with Crippen molar-refractivity contribution in [2.75, 3.05) is 11.9 Å². The summed E-state index contributed by atoms with van der Waals surface area (Å²) >= 11 is 0. The minimum absolute atomic E-state index is 0.177. The van der Waals surface area contributed by atoms with Crippen LogP contribution >= 0.6 is 0 Å². The third-order valence-electron chi connectivity index (χ3n) is 3.90. The van der Waals surface area contributed by atoms with E-state index < -0.39 is 0 Å². The second kappa shape index (κ2) is 8.38. The van der Waals surface area contributed by atoms with Crippen molar-refractivity contribution in [3.63, 3.8) is 0 Å². The summed E-state index contributed by atoms with van der Waals surface area (Å²) < 4.78 is 0. The highest BCUT2D eigenvalue weighted by molar-refractivity contribution is 5.92. The first kappa shape index (κ1) is 16.3. The van der Waals surface area contributed by atoms with Gasteiger partial charge >= 0.3 is 0 Å². The predicted molar refractivity (Wildman–Crippen MR) is 92.9 cm³/mol. The Balaban J connectivity index is 1.68. The van der Waals surface area contributed by atoms with E-state index in [1.165, 1.54) is 5.56 Å². The van der Waals surface area contributed by atoms with Crippen molar-refractivity contribution in [3.8, 4) is 0 Å². The lowest BCUT2D eigenvalue weighted by Crippen LogP contribution is -2.25. The van der Waals surface area contributed by atoms with Crippen molar-refractivity contribution in [2.45, 2.75) is 32.1 Å². The Bertz CT molecular complexity index is 574. The van der Waals surface area contributed by atoms with Crippen LogP contribution in [0.5, 0.6) is 0 Å². The van der Waals surface area contributed by atoms with Crippen LogP contribution in [0.25, 0.3) is 0 Å². The number of unbranched alkanes of at least 4 members (excludes halogenated alkanes) is 2. The third kappa shape index (κ3) is 5.03. The molecule has 1 amide bonds. The number of amides is 1. The molecule has 0 N–H and O–H groups in total. The molecule has 0 unspecified atom stereocenters. The highest BCUT2D eigenvalue weighted by Crippen LogP contribution is 2.15. The zero-order chi connectivity index (χ0) is 15.8. The average molecular weight is 294 g/mol. The molecule has 0 atom stereocenters. The maximum absolute atomic E-state index is 12.2. The van der Waals surface area contributed by atoms with Gasteiger partial charge in [-0.25, -0.2) is 0 Å². The highest BCUT2D eigenvalue weighted by Gasteiger charge is 2.10. The number of anilines is 1. The molecule has 2 heteroatoms. The first-order valence-corrected chi connectivity index (χ1v) is 7.89. The van der Waals surface area contributed by atoms with Gasteiger partial charge in [0.2, 0.25) is 5.91 Å². The molecule has 0 heterocycles. The number of aryl methyl sites for hydroxylation is 1. The maximum Gasteiger partial charge on any atom is 0.226 e. The van der Waals surface area contributed by atoms with Gasteiger partial charge in [-0.15, -0.1) is 0 Å². The predicted octanol–water partition coefficient (Wildman–Crippen LogP) is 4.63. The van der Waals surface area contributed by atoms with Crippen molar-refractivity contribution < 1.29 is 4.79 Å². The average Bonchev–Trinajstić information content (AvgIpc) is 2.55. The summed E-state index contributed by atoms with van der Waals surface area (Å²) in [7, 11) is 1.84. The lowest BCUT2D eigenvalue weighted by Gasteiger charge is -2.17. The Morgan fingerprint density at radius 3 is 2.32 bits per heavy atom. The summed E-state index contributed by atoms with van der Waals surface area (Å²) in [6.45, 7) is 3.86. The Morgan fingerprint density at radius 1 is 0.955 bits per heavy atom. The molecule has 2 rings (SSSR count). The van der Waals surface area contributed by atoms with Crippen molar-refractivity contribution >= 4 is 11.6 Å². The van der Waals surface area contributed by atoms with Crippen molar-refractivity contribution in [1.82, 2.24) is 0 Å². The van der Waals surface area contributed by atoms with E-state index in [0.29, 0.717) is 6.42 Å². The van der Waals surface area contributed by atoms with Crippen LogP contribution in [-0.4, -0.2) is 13.0 Å². The summed E-state index contributed by atoms with van der Waals surface area (Å²) in [5.41, 5.74) is 3.27. The molecule has 0 saturated carbocycles. The highest BCUT2D eigenvalue weighted by atomic mass is 16.2. The maximum atomic E-state index is 12.2. The summed E-state index contributed by atoms with van der Waals surface area (Å²) in [4.78, 5) is 13.9. The monoisotopic (exact) mass is 294 g/mol. The third-order valence-corrected chi connectivity index (χ3v) is 3.90. The first-order chi connectivity index (χ1) is 10.7. The van der Waals surface area contributed by atoms with E-state index in [9.17, 15) is 4.79 Å². The number of benzene rings is 2. The van der Waals surface area contributed by atoms with Gasteiger partial charge < -0.3 is 4.90 Å². The van der Waals surface area contributed by atoms with E-state index in [1.807, 2.05) is 37.4 Å². The van der Waals surface area contributed by atoms with E-state index in [-0.39, 0.29) is 5.91 Å². The second-order valence-corrected chi connectivity index (χ2v) is 5.67. The number of nitrogens with zero attached hydrogens (tertiary/aromatic N) is 1. The first-order valence-electron chi connectivity index (χ1n) is 7.89. The number of carbonyl (C=O) groups is 1. The largest absolute Gasteiger partial charge is 0.316 e. The van der Waals surface area contributed by atoms with E-state index in [0.717, 1.165) is 36.9 Å². The Kier molecular flexibility index (Phi) is 6.20. The molecule has 1 radical (unpaired) electrons. The molecule has 22 heavy (non-hydrogen) atoms. The summed E-state index contributed by atoms with van der Waals surface area (Å²) in [6, 6.07) is 18.2. The minimum atomic E-state index is 0.177. The van der Waals surface area contributed by atoms with Crippen molar-refractivity contribution in [1.29, 1.82) is 0 Å². The molecule has 0 aliphatic carbocycles.